The Morgan fingerprint density at radius 3 is 2.69 bits per heavy atom. The van der Waals surface area contributed by atoms with Crippen molar-refractivity contribution in [1.82, 2.24) is 10.6 Å². The number of hydrogen-bond donors (Lipinski definition) is 2. The van der Waals surface area contributed by atoms with Crippen molar-refractivity contribution in [2.45, 2.75) is 57.7 Å². The summed E-state index contributed by atoms with van der Waals surface area (Å²) in [6.07, 6.45) is 5.58. The van der Waals surface area contributed by atoms with E-state index >= 15 is 0 Å². The van der Waals surface area contributed by atoms with Crippen molar-refractivity contribution >= 4 is 0 Å². The summed E-state index contributed by atoms with van der Waals surface area (Å²) < 4.78 is 0. The summed E-state index contributed by atoms with van der Waals surface area (Å²) in [5.41, 5.74) is 0. The lowest BCUT2D eigenvalue weighted by molar-refractivity contribution is 0.286. The van der Waals surface area contributed by atoms with Gasteiger partial charge in [-0.25, -0.2) is 0 Å². The molecule has 1 saturated heterocycles. The van der Waals surface area contributed by atoms with Crippen molar-refractivity contribution in [3.05, 3.63) is 0 Å². The van der Waals surface area contributed by atoms with Crippen LogP contribution in [0.15, 0.2) is 0 Å². The van der Waals surface area contributed by atoms with Gasteiger partial charge in [-0.3, -0.25) is 0 Å². The zero-order valence-corrected chi connectivity index (χ0v) is 8.84. The Bertz CT molecular complexity index is 165. The summed E-state index contributed by atoms with van der Waals surface area (Å²) in [5.74, 6) is 0.981. The molecular weight excluding hydrogens is 160 g/mol. The highest BCUT2D eigenvalue weighted by Gasteiger charge is 2.31. The van der Waals surface area contributed by atoms with Gasteiger partial charge in [0.15, 0.2) is 0 Å². The van der Waals surface area contributed by atoms with Gasteiger partial charge in [-0.15, -0.1) is 0 Å². The van der Waals surface area contributed by atoms with Gasteiger partial charge in [-0.1, -0.05) is 0 Å². The molecule has 0 spiro atoms. The first-order chi connectivity index (χ1) is 6.27. The Labute approximate surface area is 81.5 Å². The monoisotopic (exact) mass is 182 g/mol. The van der Waals surface area contributed by atoms with Crippen molar-refractivity contribution in [3.8, 4) is 0 Å². The van der Waals surface area contributed by atoms with Crippen LogP contribution in [-0.2, 0) is 0 Å². The predicted molar refractivity (Wildman–Crippen MR) is 55.8 cm³/mol. The number of rotatable bonds is 3. The molecule has 0 amide bonds. The normalized spacial score (nSPS) is 37.4. The van der Waals surface area contributed by atoms with Gasteiger partial charge in [0.05, 0.1) is 0 Å². The van der Waals surface area contributed by atoms with Crippen LogP contribution in [0.25, 0.3) is 0 Å². The van der Waals surface area contributed by atoms with E-state index < -0.39 is 0 Å². The van der Waals surface area contributed by atoms with Gasteiger partial charge in [-0.05, 0) is 52.0 Å². The summed E-state index contributed by atoms with van der Waals surface area (Å²) >= 11 is 0. The second kappa shape index (κ2) is 3.97. The lowest BCUT2D eigenvalue weighted by Crippen LogP contribution is -2.52. The minimum absolute atomic E-state index is 0.662. The van der Waals surface area contributed by atoms with E-state index in [-0.39, 0.29) is 0 Å². The van der Waals surface area contributed by atoms with E-state index in [9.17, 15) is 0 Å². The van der Waals surface area contributed by atoms with E-state index in [4.69, 9.17) is 0 Å². The van der Waals surface area contributed by atoms with Crippen LogP contribution in [0.1, 0.15) is 39.5 Å². The van der Waals surface area contributed by atoms with Crippen molar-refractivity contribution < 1.29 is 0 Å². The highest BCUT2D eigenvalue weighted by molar-refractivity contribution is 4.90. The van der Waals surface area contributed by atoms with Gasteiger partial charge in [-0.2, -0.15) is 0 Å². The SMILES string of the molecule is CC(NC1CCCNC1C)C1CC1. The molecule has 0 aromatic carbocycles. The first-order valence-corrected chi connectivity index (χ1v) is 5.77. The highest BCUT2D eigenvalue weighted by atomic mass is 15.1. The highest BCUT2D eigenvalue weighted by Crippen LogP contribution is 2.32. The molecule has 0 bridgehead atoms. The molecule has 1 heterocycles. The maximum absolute atomic E-state index is 3.77. The van der Waals surface area contributed by atoms with Crippen LogP contribution in [0.3, 0.4) is 0 Å². The standard InChI is InChI=1S/C11H22N2/c1-8(10-5-6-10)13-11-4-3-7-12-9(11)2/h8-13H,3-7H2,1-2H3. The molecule has 76 valence electrons. The van der Waals surface area contributed by atoms with Gasteiger partial charge < -0.3 is 10.6 Å². The summed E-state index contributed by atoms with van der Waals surface area (Å²) in [7, 11) is 0. The Morgan fingerprint density at radius 1 is 1.31 bits per heavy atom. The number of nitrogens with one attached hydrogen (secondary N) is 2. The van der Waals surface area contributed by atoms with E-state index in [0.29, 0.717) is 12.1 Å². The quantitative estimate of drug-likeness (QED) is 0.691. The lowest BCUT2D eigenvalue weighted by Gasteiger charge is -2.33. The lowest BCUT2D eigenvalue weighted by atomic mass is 9.98. The molecule has 3 atom stereocenters. The molecule has 2 rings (SSSR count). The first-order valence-electron chi connectivity index (χ1n) is 5.77. The van der Waals surface area contributed by atoms with Crippen LogP contribution in [0.4, 0.5) is 0 Å². The van der Waals surface area contributed by atoms with Crippen molar-refractivity contribution in [3.63, 3.8) is 0 Å². The molecular formula is C11H22N2. The van der Waals surface area contributed by atoms with Gasteiger partial charge in [0.25, 0.3) is 0 Å². The van der Waals surface area contributed by atoms with Crippen LogP contribution in [0.5, 0.6) is 0 Å². The zero-order chi connectivity index (χ0) is 9.26. The molecule has 0 aromatic heterocycles. The minimum Gasteiger partial charge on any atom is -0.313 e. The topological polar surface area (TPSA) is 24.1 Å². The third-order valence-electron chi connectivity index (χ3n) is 3.57. The fourth-order valence-corrected chi connectivity index (χ4v) is 2.34. The smallest absolute Gasteiger partial charge is 0.0221 e. The summed E-state index contributed by atoms with van der Waals surface area (Å²) in [4.78, 5) is 0. The fourth-order valence-electron chi connectivity index (χ4n) is 2.34. The van der Waals surface area contributed by atoms with Crippen molar-refractivity contribution in [1.29, 1.82) is 0 Å². The molecule has 1 aliphatic heterocycles. The summed E-state index contributed by atoms with van der Waals surface area (Å²) in [6.45, 7) is 5.85. The number of piperidine rings is 1. The molecule has 1 saturated carbocycles. The zero-order valence-electron chi connectivity index (χ0n) is 8.84. The number of hydrogen-bond acceptors (Lipinski definition) is 2. The molecule has 2 aliphatic rings. The largest absolute Gasteiger partial charge is 0.313 e. The van der Waals surface area contributed by atoms with Crippen LogP contribution in [0.2, 0.25) is 0 Å². The second-order valence-corrected chi connectivity index (χ2v) is 4.78. The summed E-state index contributed by atoms with van der Waals surface area (Å²) in [5, 5.41) is 7.30. The maximum Gasteiger partial charge on any atom is 0.0221 e. The molecule has 3 unspecified atom stereocenters. The van der Waals surface area contributed by atoms with E-state index in [1.807, 2.05) is 0 Å². The first kappa shape index (κ1) is 9.47. The van der Waals surface area contributed by atoms with Crippen LogP contribution in [0, 0.1) is 5.92 Å². The van der Waals surface area contributed by atoms with E-state index in [0.717, 1.165) is 12.0 Å². The second-order valence-electron chi connectivity index (χ2n) is 4.78. The molecule has 0 aromatic rings. The van der Waals surface area contributed by atoms with Gasteiger partial charge in [0, 0.05) is 18.1 Å². The average Bonchev–Trinajstić information content (AvgIpc) is 2.91. The van der Waals surface area contributed by atoms with E-state index in [1.54, 1.807) is 0 Å². The Hall–Kier alpha value is -0.0800. The third kappa shape index (κ3) is 2.44. The fraction of sp³-hybridized carbons (Fsp3) is 1.00. The average molecular weight is 182 g/mol. The molecule has 2 N–H and O–H groups in total. The molecule has 13 heavy (non-hydrogen) atoms. The van der Waals surface area contributed by atoms with E-state index in [2.05, 4.69) is 24.5 Å². The van der Waals surface area contributed by atoms with Crippen LogP contribution >= 0.6 is 0 Å². The van der Waals surface area contributed by atoms with Crippen LogP contribution < -0.4 is 10.6 Å². The van der Waals surface area contributed by atoms with Gasteiger partial charge in [0.1, 0.15) is 0 Å². The predicted octanol–water partition coefficient (Wildman–Crippen LogP) is 1.51. The molecule has 1 aliphatic carbocycles. The molecule has 0 radical (unpaired) electrons. The minimum atomic E-state index is 0.662. The maximum atomic E-state index is 3.77. The van der Waals surface area contributed by atoms with Gasteiger partial charge in [0.2, 0.25) is 0 Å². The van der Waals surface area contributed by atoms with Gasteiger partial charge >= 0.3 is 0 Å². The molecule has 2 fully saturated rings. The third-order valence-corrected chi connectivity index (χ3v) is 3.57. The molecule has 2 nitrogen and oxygen atoms in total. The van der Waals surface area contributed by atoms with Crippen molar-refractivity contribution in [2.75, 3.05) is 6.54 Å². The van der Waals surface area contributed by atoms with E-state index in [1.165, 1.54) is 32.2 Å². The Morgan fingerprint density at radius 2 is 2.08 bits per heavy atom. The molecule has 2 heteroatoms. The van der Waals surface area contributed by atoms with Crippen LogP contribution in [-0.4, -0.2) is 24.7 Å². The van der Waals surface area contributed by atoms with Crippen molar-refractivity contribution in [2.24, 2.45) is 5.92 Å². The Kier molecular flexibility index (Phi) is 2.89. The Balaban J connectivity index is 1.77. The summed E-state index contributed by atoms with van der Waals surface area (Å²) in [6, 6.07) is 2.12.